The normalized spacial score (nSPS) is 12.4. The third kappa shape index (κ3) is 4.84. The van der Waals surface area contributed by atoms with E-state index in [1.165, 1.54) is 0 Å². The number of hydrogen-bond acceptors (Lipinski definition) is 4. The first-order valence-corrected chi connectivity index (χ1v) is 12.0. The number of nitrogens with zero attached hydrogens (tertiary/aromatic N) is 2. The topological polar surface area (TPSA) is 73.5 Å². The minimum atomic E-state index is -0.687. The van der Waals surface area contributed by atoms with Gasteiger partial charge in [-0.1, -0.05) is 0 Å². The van der Waals surface area contributed by atoms with Crippen molar-refractivity contribution in [2.75, 3.05) is 31.1 Å². The van der Waals surface area contributed by atoms with Crippen molar-refractivity contribution < 1.29 is 9.84 Å². The molecule has 0 atom stereocenters. The Morgan fingerprint density at radius 1 is 1.11 bits per heavy atom. The number of benzene rings is 1. The molecule has 27 heavy (non-hydrogen) atoms. The smallest absolute Gasteiger partial charge is 0.333 e. The van der Waals surface area contributed by atoms with Crippen LogP contribution in [0, 0.1) is 13.8 Å². The summed E-state index contributed by atoms with van der Waals surface area (Å²) in [7, 11) is -0.687. The van der Waals surface area contributed by atoms with E-state index < -0.39 is 10.0 Å². The van der Waals surface area contributed by atoms with Crippen LogP contribution in [0.3, 0.4) is 0 Å². The largest absolute Gasteiger partial charge is 0.508 e. The molecule has 0 unspecified atom stereocenters. The van der Waals surface area contributed by atoms with Gasteiger partial charge in [-0.2, -0.15) is 0 Å². The average Bonchev–Trinajstić information content (AvgIpc) is 2.57. The molecule has 1 heterocycles. The van der Waals surface area contributed by atoms with Gasteiger partial charge in [0.05, 0.1) is 12.3 Å². The van der Waals surface area contributed by atoms with Crippen molar-refractivity contribution in [3.05, 3.63) is 50.2 Å². The number of aryl methyl sites for hydroxylation is 1. The number of rotatable bonds is 7. The molecule has 0 fully saturated rings. The highest BCUT2D eigenvalue weighted by Crippen LogP contribution is 2.33. The standard InChI is InChI=1S/C20H30N2O4S/c1-7-21-18(17-9-8-16(23)12-14(17)2)15(3)19(24)22(20(21)25)13-26-10-11-27(4,5)6/h8-9,12,23H,7,10-11,13H2,1-6H3. The molecule has 150 valence electrons. The molecule has 0 spiro atoms. The molecule has 0 amide bonds. The van der Waals surface area contributed by atoms with E-state index in [1.54, 1.807) is 29.7 Å². The van der Waals surface area contributed by atoms with E-state index in [0.29, 0.717) is 24.4 Å². The van der Waals surface area contributed by atoms with Gasteiger partial charge in [0.1, 0.15) is 12.5 Å². The fraction of sp³-hybridized carbons (Fsp3) is 0.500. The van der Waals surface area contributed by atoms with Crippen LogP contribution in [0.25, 0.3) is 11.3 Å². The lowest BCUT2D eigenvalue weighted by Crippen LogP contribution is -2.42. The van der Waals surface area contributed by atoms with E-state index in [-0.39, 0.29) is 23.7 Å². The third-order valence-electron chi connectivity index (χ3n) is 4.49. The van der Waals surface area contributed by atoms with Gasteiger partial charge in [-0.25, -0.2) is 19.4 Å². The SMILES string of the molecule is CCn1c(-c2ccc(O)cc2C)c(C)c(=O)n(COCCS(C)(C)C)c1=O. The third-order valence-corrected chi connectivity index (χ3v) is 5.89. The zero-order chi connectivity index (χ0) is 20.4. The first-order chi connectivity index (χ1) is 12.6. The van der Waals surface area contributed by atoms with E-state index in [1.807, 2.05) is 13.8 Å². The van der Waals surface area contributed by atoms with Gasteiger partial charge in [-0.3, -0.25) is 9.36 Å². The molecule has 2 rings (SSSR count). The van der Waals surface area contributed by atoms with Gasteiger partial charge in [0.25, 0.3) is 5.56 Å². The Kier molecular flexibility index (Phi) is 6.59. The van der Waals surface area contributed by atoms with Crippen LogP contribution < -0.4 is 11.2 Å². The summed E-state index contributed by atoms with van der Waals surface area (Å²) in [5, 5.41) is 9.66. The first-order valence-electron chi connectivity index (χ1n) is 8.94. The quantitative estimate of drug-likeness (QED) is 0.733. The second kappa shape index (κ2) is 8.35. The lowest BCUT2D eigenvalue weighted by molar-refractivity contribution is 0.0827. The second-order valence-corrected chi connectivity index (χ2v) is 12.2. The summed E-state index contributed by atoms with van der Waals surface area (Å²) in [4.78, 5) is 25.8. The van der Waals surface area contributed by atoms with Gasteiger partial charge in [-0.15, -0.1) is 0 Å². The Labute approximate surface area is 161 Å². The van der Waals surface area contributed by atoms with Gasteiger partial charge < -0.3 is 9.84 Å². The molecular formula is C20H30N2O4S. The summed E-state index contributed by atoms with van der Waals surface area (Å²) in [6.07, 6.45) is 6.60. The van der Waals surface area contributed by atoms with Crippen LogP contribution in [0.1, 0.15) is 18.1 Å². The van der Waals surface area contributed by atoms with E-state index in [0.717, 1.165) is 21.4 Å². The molecule has 0 aliphatic heterocycles. The maximum atomic E-state index is 12.9. The maximum absolute atomic E-state index is 12.9. The van der Waals surface area contributed by atoms with Crippen molar-refractivity contribution in [1.82, 2.24) is 9.13 Å². The molecule has 0 radical (unpaired) electrons. The Hall–Kier alpha value is -1.99. The molecular weight excluding hydrogens is 364 g/mol. The summed E-state index contributed by atoms with van der Waals surface area (Å²) in [5.74, 6) is 1.08. The summed E-state index contributed by atoms with van der Waals surface area (Å²) < 4.78 is 8.39. The van der Waals surface area contributed by atoms with E-state index in [4.69, 9.17) is 4.74 Å². The average molecular weight is 395 g/mol. The van der Waals surface area contributed by atoms with Gasteiger partial charge in [0, 0.05) is 23.4 Å². The van der Waals surface area contributed by atoms with Crippen molar-refractivity contribution >= 4 is 10.0 Å². The molecule has 2 aromatic rings. The minimum absolute atomic E-state index is 0.0388. The fourth-order valence-electron chi connectivity index (χ4n) is 2.97. The van der Waals surface area contributed by atoms with Crippen LogP contribution >= 0.6 is 10.0 Å². The van der Waals surface area contributed by atoms with Crippen molar-refractivity contribution in [2.45, 2.75) is 34.0 Å². The summed E-state index contributed by atoms with van der Waals surface area (Å²) in [6, 6.07) is 4.93. The van der Waals surface area contributed by atoms with Crippen LogP contribution in [-0.2, 0) is 18.0 Å². The zero-order valence-electron chi connectivity index (χ0n) is 17.0. The van der Waals surface area contributed by atoms with E-state index in [9.17, 15) is 14.7 Å². The van der Waals surface area contributed by atoms with Crippen molar-refractivity contribution in [3.8, 4) is 17.0 Å². The van der Waals surface area contributed by atoms with Gasteiger partial charge >= 0.3 is 5.69 Å². The van der Waals surface area contributed by atoms with E-state index >= 15 is 0 Å². The number of hydrogen-bond donors (Lipinski definition) is 1. The molecule has 1 aromatic heterocycles. The lowest BCUT2D eigenvalue weighted by Gasteiger charge is -2.24. The molecule has 0 aliphatic rings. The predicted octanol–water partition coefficient (Wildman–Crippen LogP) is 2.69. The molecule has 0 saturated heterocycles. The lowest BCUT2D eigenvalue weighted by atomic mass is 10.0. The summed E-state index contributed by atoms with van der Waals surface area (Å²) in [5.41, 5.74) is 1.96. The summed E-state index contributed by atoms with van der Waals surface area (Å²) >= 11 is 0. The molecule has 0 aliphatic carbocycles. The predicted molar refractivity (Wildman–Crippen MR) is 113 cm³/mol. The molecule has 6 nitrogen and oxygen atoms in total. The molecule has 7 heteroatoms. The first kappa shape index (κ1) is 21.3. The van der Waals surface area contributed by atoms with Gasteiger partial charge in [-0.05, 0) is 63.3 Å². The molecule has 0 bridgehead atoms. The number of phenolic OH excluding ortho intramolecular Hbond substituents is 1. The van der Waals surface area contributed by atoms with Crippen LogP contribution in [-0.4, -0.2) is 45.4 Å². The second-order valence-electron chi connectivity index (χ2n) is 7.57. The minimum Gasteiger partial charge on any atom is -0.508 e. The molecule has 1 aromatic carbocycles. The Morgan fingerprint density at radius 3 is 2.33 bits per heavy atom. The van der Waals surface area contributed by atoms with Gasteiger partial charge in [0.15, 0.2) is 0 Å². The highest BCUT2D eigenvalue weighted by molar-refractivity contribution is 8.32. The van der Waals surface area contributed by atoms with Crippen molar-refractivity contribution in [3.63, 3.8) is 0 Å². The zero-order valence-corrected chi connectivity index (χ0v) is 17.9. The number of aromatic hydroxyl groups is 1. The van der Waals surface area contributed by atoms with Crippen LogP contribution in [0.5, 0.6) is 5.75 Å². The fourth-order valence-corrected chi connectivity index (χ4v) is 3.59. The monoisotopic (exact) mass is 394 g/mol. The Bertz CT molecular complexity index is 939. The summed E-state index contributed by atoms with van der Waals surface area (Å²) in [6.45, 7) is 6.37. The van der Waals surface area contributed by atoms with Crippen LogP contribution in [0.2, 0.25) is 0 Å². The Balaban J connectivity index is 2.48. The van der Waals surface area contributed by atoms with Crippen molar-refractivity contribution in [2.24, 2.45) is 0 Å². The molecule has 0 saturated carbocycles. The number of ether oxygens (including phenoxy) is 1. The van der Waals surface area contributed by atoms with Crippen LogP contribution in [0.4, 0.5) is 0 Å². The Morgan fingerprint density at radius 2 is 1.78 bits per heavy atom. The maximum Gasteiger partial charge on any atom is 0.333 e. The highest BCUT2D eigenvalue weighted by atomic mass is 32.3. The number of phenols is 1. The van der Waals surface area contributed by atoms with Crippen molar-refractivity contribution in [1.29, 1.82) is 0 Å². The van der Waals surface area contributed by atoms with Gasteiger partial charge in [0.2, 0.25) is 0 Å². The van der Waals surface area contributed by atoms with E-state index in [2.05, 4.69) is 18.8 Å². The number of aromatic nitrogens is 2. The highest BCUT2D eigenvalue weighted by Gasteiger charge is 2.18. The van der Waals surface area contributed by atoms with Crippen LogP contribution in [0.15, 0.2) is 27.8 Å². The molecule has 1 N–H and O–H groups in total.